The topological polar surface area (TPSA) is 97.9 Å². The maximum absolute atomic E-state index is 13.6. The first kappa shape index (κ1) is 24.3. The standard InChI is InChI=1S/C26H29FN4O4/c1-16-10-20(6-7-23(16)27)17(2)28-24(32)21-11-19(12-22(13-21)35-15-18-4-5-18)14-31-9-8-30(3)25(31)29-26(33)34/h6-13,17-18H,4-5,14-15H2,1-3H3,(H,28,32)(H,33,34)/b29-25+/t17-/m0/s1. The molecule has 0 bridgehead atoms. The molecule has 2 amide bonds. The minimum absolute atomic E-state index is 0.271. The van der Waals surface area contributed by atoms with Crippen LogP contribution >= 0.6 is 0 Å². The van der Waals surface area contributed by atoms with Crippen LogP contribution in [0.1, 0.15) is 52.9 Å². The van der Waals surface area contributed by atoms with Crippen LogP contribution in [0.15, 0.2) is 53.8 Å². The highest BCUT2D eigenvalue weighted by atomic mass is 19.1. The van der Waals surface area contributed by atoms with Gasteiger partial charge in [0.15, 0.2) is 0 Å². The highest BCUT2D eigenvalue weighted by Crippen LogP contribution is 2.30. The largest absolute Gasteiger partial charge is 0.493 e. The normalized spacial score (nSPS) is 14.6. The van der Waals surface area contributed by atoms with E-state index >= 15 is 0 Å². The molecule has 0 saturated heterocycles. The van der Waals surface area contributed by atoms with E-state index in [1.54, 1.807) is 59.8 Å². The first-order valence-corrected chi connectivity index (χ1v) is 11.5. The van der Waals surface area contributed by atoms with Crippen LogP contribution in [0.3, 0.4) is 0 Å². The number of nitrogens with zero attached hydrogens (tertiary/aromatic N) is 3. The number of nitrogens with one attached hydrogen (secondary N) is 1. The predicted octanol–water partition coefficient (Wildman–Crippen LogP) is 4.18. The summed E-state index contributed by atoms with van der Waals surface area (Å²) in [5, 5.41) is 12.1. The number of ether oxygens (including phenoxy) is 1. The van der Waals surface area contributed by atoms with Crippen molar-refractivity contribution in [3.05, 3.63) is 82.5 Å². The average molecular weight is 481 g/mol. The second-order valence-corrected chi connectivity index (χ2v) is 9.06. The number of benzene rings is 2. The molecule has 2 aromatic carbocycles. The Kier molecular flexibility index (Phi) is 7.04. The van der Waals surface area contributed by atoms with Crippen LogP contribution < -0.4 is 15.7 Å². The van der Waals surface area contributed by atoms with Crippen molar-refractivity contribution in [2.45, 2.75) is 39.3 Å². The lowest BCUT2D eigenvalue weighted by molar-refractivity contribution is 0.0939. The molecule has 2 N–H and O–H groups in total. The SMILES string of the molecule is Cc1cc([C@H](C)NC(=O)c2cc(Cn3ccn(C)/c3=N\C(=O)O)cc(OCC3CC3)c2)ccc1F. The van der Waals surface area contributed by atoms with Crippen LogP contribution in [0, 0.1) is 18.7 Å². The van der Waals surface area contributed by atoms with Crippen molar-refractivity contribution in [1.82, 2.24) is 14.5 Å². The number of carbonyl (C=O) groups is 2. The van der Waals surface area contributed by atoms with E-state index in [4.69, 9.17) is 9.84 Å². The zero-order valence-electron chi connectivity index (χ0n) is 20.0. The number of aryl methyl sites for hydroxylation is 2. The highest BCUT2D eigenvalue weighted by molar-refractivity contribution is 5.95. The van der Waals surface area contributed by atoms with Crippen molar-refractivity contribution in [2.75, 3.05) is 6.61 Å². The third-order valence-corrected chi connectivity index (χ3v) is 6.03. The number of carbonyl (C=O) groups excluding carboxylic acids is 1. The summed E-state index contributed by atoms with van der Waals surface area (Å²) in [6, 6.07) is 9.78. The summed E-state index contributed by atoms with van der Waals surface area (Å²) in [6.07, 6.45) is 4.45. The van der Waals surface area contributed by atoms with Crippen LogP contribution in [-0.4, -0.2) is 32.8 Å². The van der Waals surface area contributed by atoms with E-state index in [1.165, 1.54) is 6.07 Å². The summed E-state index contributed by atoms with van der Waals surface area (Å²) in [7, 11) is 1.71. The molecule has 0 spiro atoms. The smallest absolute Gasteiger partial charge is 0.434 e. The summed E-state index contributed by atoms with van der Waals surface area (Å²) >= 11 is 0. The summed E-state index contributed by atoms with van der Waals surface area (Å²) in [4.78, 5) is 28.0. The van der Waals surface area contributed by atoms with Crippen LogP contribution in [-0.2, 0) is 13.6 Å². The number of halogens is 1. The fourth-order valence-corrected chi connectivity index (χ4v) is 3.83. The molecule has 1 heterocycles. The summed E-state index contributed by atoms with van der Waals surface area (Å²) in [6.45, 7) is 4.43. The number of rotatable bonds is 8. The van der Waals surface area contributed by atoms with Gasteiger partial charge < -0.3 is 24.3 Å². The third-order valence-electron chi connectivity index (χ3n) is 6.03. The fraction of sp³-hybridized carbons (Fsp3) is 0.346. The van der Waals surface area contributed by atoms with Crippen molar-refractivity contribution >= 4 is 12.0 Å². The van der Waals surface area contributed by atoms with Crippen LogP contribution in [0.2, 0.25) is 0 Å². The number of hydrogen-bond donors (Lipinski definition) is 2. The molecule has 0 unspecified atom stereocenters. The molecule has 1 saturated carbocycles. The van der Waals surface area contributed by atoms with Gasteiger partial charge in [0.2, 0.25) is 5.62 Å². The van der Waals surface area contributed by atoms with E-state index in [9.17, 15) is 14.0 Å². The molecule has 184 valence electrons. The van der Waals surface area contributed by atoms with Gasteiger partial charge in [0.05, 0.1) is 19.2 Å². The van der Waals surface area contributed by atoms with Gasteiger partial charge >= 0.3 is 6.09 Å². The quantitative estimate of drug-likeness (QED) is 0.505. The highest BCUT2D eigenvalue weighted by Gasteiger charge is 2.22. The Labute approximate surface area is 202 Å². The molecule has 9 heteroatoms. The van der Waals surface area contributed by atoms with E-state index in [0.717, 1.165) is 24.0 Å². The van der Waals surface area contributed by atoms with Crippen LogP contribution in [0.5, 0.6) is 5.75 Å². The Morgan fingerprint density at radius 2 is 2.00 bits per heavy atom. The molecule has 8 nitrogen and oxygen atoms in total. The Balaban J connectivity index is 1.60. The monoisotopic (exact) mass is 480 g/mol. The Bertz CT molecular complexity index is 1320. The van der Waals surface area contributed by atoms with Crippen molar-refractivity contribution < 1.29 is 23.8 Å². The molecule has 1 fully saturated rings. The van der Waals surface area contributed by atoms with Gasteiger partial charge in [-0.15, -0.1) is 4.99 Å². The third kappa shape index (κ3) is 6.17. The first-order chi connectivity index (χ1) is 16.7. The first-order valence-electron chi connectivity index (χ1n) is 11.5. The van der Waals surface area contributed by atoms with Gasteiger partial charge in [-0.05, 0) is 73.6 Å². The van der Waals surface area contributed by atoms with Crippen LogP contribution in [0.25, 0.3) is 0 Å². The van der Waals surface area contributed by atoms with Gasteiger partial charge in [-0.1, -0.05) is 12.1 Å². The van der Waals surface area contributed by atoms with Gasteiger partial charge in [-0.25, -0.2) is 9.18 Å². The molecule has 1 aromatic heterocycles. The molecule has 3 aromatic rings. The van der Waals surface area contributed by atoms with Gasteiger partial charge in [-0.2, -0.15) is 0 Å². The Morgan fingerprint density at radius 1 is 1.23 bits per heavy atom. The lowest BCUT2D eigenvalue weighted by Crippen LogP contribution is -2.27. The zero-order chi connectivity index (χ0) is 25.1. The lowest BCUT2D eigenvalue weighted by atomic mass is 10.0. The number of hydrogen-bond acceptors (Lipinski definition) is 3. The minimum Gasteiger partial charge on any atom is -0.493 e. The number of amides is 2. The summed E-state index contributed by atoms with van der Waals surface area (Å²) in [5.41, 5.74) is 2.79. The number of aromatic nitrogens is 2. The van der Waals surface area contributed by atoms with Gasteiger partial charge in [0, 0.05) is 25.0 Å². The summed E-state index contributed by atoms with van der Waals surface area (Å²) < 4.78 is 22.9. The molecule has 1 atom stereocenters. The van der Waals surface area contributed by atoms with E-state index in [0.29, 0.717) is 35.9 Å². The maximum Gasteiger partial charge on any atom is 0.434 e. The molecule has 1 aliphatic carbocycles. The van der Waals surface area contributed by atoms with E-state index in [-0.39, 0.29) is 23.4 Å². The van der Waals surface area contributed by atoms with E-state index < -0.39 is 6.09 Å². The van der Waals surface area contributed by atoms with Gasteiger partial charge in [0.25, 0.3) is 5.91 Å². The second-order valence-electron chi connectivity index (χ2n) is 9.06. The van der Waals surface area contributed by atoms with Gasteiger partial charge in [0.1, 0.15) is 11.6 Å². The molecule has 1 aliphatic rings. The van der Waals surface area contributed by atoms with Crippen molar-refractivity contribution in [1.29, 1.82) is 0 Å². The van der Waals surface area contributed by atoms with Crippen molar-refractivity contribution in [2.24, 2.45) is 18.0 Å². The van der Waals surface area contributed by atoms with Gasteiger partial charge in [-0.3, -0.25) is 4.79 Å². The summed E-state index contributed by atoms with van der Waals surface area (Å²) in [5.74, 6) is 0.552. The molecule has 0 radical (unpaired) electrons. The van der Waals surface area contributed by atoms with Crippen LogP contribution in [0.4, 0.5) is 9.18 Å². The minimum atomic E-state index is -1.29. The van der Waals surface area contributed by atoms with Crippen molar-refractivity contribution in [3.8, 4) is 5.75 Å². The molecular weight excluding hydrogens is 451 g/mol. The van der Waals surface area contributed by atoms with E-state index in [1.807, 2.05) is 13.0 Å². The Hall–Kier alpha value is -3.88. The molecule has 0 aliphatic heterocycles. The lowest BCUT2D eigenvalue weighted by Gasteiger charge is -2.17. The Morgan fingerprint density at radius 3 is 2.69 bits per heavy atom. The number of imidazole rings is 1. The molecule has 35 heavy (non-hydrogen) atoms. The second kappa shape index (κ2) is 10.2. The van der Waals surface area contributed by atoms with Crippen molar-refractivity contribution in [3.63, 3.8) is 0 Å². The molecule has 4 rings (SSSR count). The van der Waals surface area contributed by atoms with E-state index in [2.05, 4.69) is 10.3 Å². The number of carboxylic acid groups (broad SMARTS) is 1. The average Bonchev–Trinajstić information content (AvgIpc) is 3.59. The fourth-order valence-electron chi connectivity index (χ4n) is 3.83. The molecular formula is C26H29FN4O4. The zero-order valence-corrected chi connectivity index (χ0v) is 20.0. The predicted molar refractivity (Wildman–Crippen MR) is 128 cm³/mol. The maximum atomic E-state index is 13.6.